The second-order valence-corrected chi connectivity index (χ2v) is 5.72. The highest BCUT2D eigenvalue weighted by atomic mass is 79.9. The molecule has 0 aliphatic rings. The lowest BCUT2D eigenvalue weighted by Gasteiger charge is -2.09. The molecule has 0 spiro atoms. The molecule has 0 fully saturated rings. The number of carbonyl (C=O) groups is 2. The van der Waals surface area contributed by atoms with Crippen LogP contribution in [0.3, 0.4) is 0 Å². The Hall–Kier alpha value is -1.92. The zero-order valence-corrected chi connectivity index (χ0v) is 13.9. The second kappa shape index (κ2) is 7.38. The molecular weight excluding hydrogens is 372 g/mol. The number of hydrogen-bond acceptors (Lipinski definition) is 4. The summed E-state index contributed by atoms with van der Waals surface area (Å²) < 4.78 is 5.69. The number of hydrogen-bond donors (Lipinski definition) is 1. The fraction of sp³-hybridized carbons (Fsp3) is 0.133. The number of carbonyl (C=O) groups excluding carboxylic acids is 2. The van der Waals surface area contributed by atoms with E-state index in [9.17, 15) is 9.59 Å². The maximum absolute atomic E-state index is 11.8. The van der Waals surface area contributed by atoms with Gasteiger partial charge in [0, 0.05) is 10.7 Å². The quantitative estimate of drug-likeness (QED) is 0.647. The first-order valence-electron chi connectivity index (χ1n) is 6.30. The molecular formula is C15H12BrClN2O3. The molecule has 0 saturated carbocycles. The summed E-state index contributed by atoms with van der Waals surface area (Å²) in [6, 6.07) is 8.34. The Balaban J connectivity index is 1.91. The smallest absolute Gasteiger partial charge is 0.338 e. The van der Waals surface area contributed by atoms with Crippen molar-refractivity contribution in [1.29, 1.82) is 0 Å². The Morgan fingerprint density at radius 1 is 1.32 bits per heavy atom. The minimum atomic E-state index is -0.637. The van der Waals surface area contributed by atoms with Gasteiger partial charge in [0.2, 0.25) is 0 Å². The number of amides is 1. The molecule has 2 aromatic rings. The fourth-order valence-corrected chi connectivity index (χ4v) is 2.42. The van der Waals surface area contributed by atoms with E-state index in [1.807, 2.05) is 19.1 Å². The number of aryl methyl sites for hydroxylation is 1. The lowest BCUT2D eigenvalue weighted by Crippen LogP contribution is -2.21. The first-order valence-corrected chi connectivity index (χ1v) is 7.47. The van der Waals surface area contributed by atoms with Gasteiger partial charge in [0.15, 0.2) is 6.61 Å². The second-order valence-electron chi connectivity index (χ2n) is 4.47. The van der Waals surface area contributed by atoms with Crippen molar-refractivity contribution in [1.82, 2.24) is 4.98 Å². The van der Waals surface area contributed by atoms with E-state index in [4.69, 9.17) is 16.3 Å². The summed E-state index contributed by atoms with van der Waals surface area (Å²) in [7, 11) is 0. The number of esters is 1. The molecule has 0 atom stereocenters. The van der Waals surface area contributed by atoms with E-state index < -0.39 is 11.9 Å². The Bertz CT molecular complexity index is 722. The molecule has 114 valence electrons. The summed E-state index contributed by atoms with van der Waals surface area (Å²) in [5, 5.41) is 2.84. The van der Waals surface area contributed by atoms with Crippen molar-refractivity contribution >= 4 is 45.1 Å². The minimum Gasteiger partial charge on any atom is -0.452 e. The van der Waals surface area contributed by atoms with Crippen LogP contribution >= 0.6 is 27.5 Å². The number of nitrogens with zero attached hydrogens (tertiary/aromatic N) is 1. The molecule has 22 heavy (non-hydrogen) atoms. The van der Waals surface area contributed by atoms with Gasteiger partial charge < -0.3 is 10.1 Å². The number of pyridine rings is 1. The van der Waals surface area contributed by atoms with Crippen molar-refractivity contribution < 1.29 is 14.3 Å². The van der Waals surface area contributed by atoms with Gasteiger partial charge in [-0.05, 0) is 52.7 Å². The first kappa shape index (κ1) is 16.5. The molecule has 1 amide bonds. The SMILES string of the molecule is Cc1ccc(NC(=O)COC(=O)c2ccnc(Cl)c2)c(Br)c1. The van der Waals surface area contributed by atoms with Gasteiger partial charge in [-0.15, -0.1) is 0 Å². The molecule has 0 saturated heterocycles. The van der Waals surface area contributed by atoms with E-state index in [2.05, 4.69) is 26.2 Å². The Morgan fingerprint density at radius 3 is 2.77 bits per heavy atom. The highest BCUT2D eigenvalue weighted by Gasteiger charge is 2.12. The molecule has 1 heterocycles. The predicted molar refractivity (Wildman–Crippen MR) is 87.0 cm³/mol. The standard InChI is InChI=1S/C15H12BrClN2O3/c1-9-2-3-12(11(16)6-9)19-14(20)8-22-15(21)10-4-5-18-13(17)7-10/h2-7H,8H2,1H3,(H,19,20). The van der Waals surface area contributed by atoms with Gasteiger partial charge in [-0.2, -0.15) is 0 Å². The van der Waals surface area contributed by atoms with E-state index in [1.165, 1.54) is 18.3 Å². The Kier molecular flexibility index (Phi) is 5.51. The van der Waals surface area contributed by atoms with Crippen LogP contribution in [0.5, 0.6) is 0 Å². The van der Waals surface area contributed by atoms with Crippen molar-refractivity contribution in [2.24, 2.45) is 0 Å². The van der Waals surface area contributed by atoms with Crippen molar-refractivity contribution in [3.8, 4) is 0 Å². The molecule has 5 nitrogen and oxygen atoms in total. The van der Waals surface area contributed by atoms with Crippen molar-refractivity contribution in [2.45, 2.75) is 6.92 Å². The summed E-state index contributed by atoms with van der Waals surface area (Å²) in [5.74, 6) is -1.07. The minimum absolute atomic E-state index is 0.183. The topological polar surface area (TPSA) is 68.3 Å². The summed E-state index contributed by atoms with van der Waals surface area (Å²) in [4.78, 5) is 27.3. The molecule has 1 N–H and O–H groups in total. The van der Waals surface area contributed by atoms with Crippen molar-refractivity contribution in [2.75, 3.05) is 11.9 Å². The zero-order chi connectivity index (χ0) is 16.1. The summed E-state index contributed by atoms with van der Waals surface area (Å²) in [5.41, 5.74) is 1.91. The van der Waals surface area contributed by atoms with Gasteiger partial charge in [-0.25, -0.2) is 9.78 Å². The molecule has 7 heteroatoms. The average molecular weight is 384 g/mol. The van der Waals surface area contributed by atoms with Crippen LogP contribution in [0.15, 0.2) is 41.0 Å². The third-order valence-corrected chi connectivity index (χ3v) is 3.56. The van der Waals surface area contributed by atoms with Crippen LogP contribution in [-0.4, -0.2) is 23.5 Å². The number of nitrogens with one attached hydrogen (secondary N) is 1. The summed E-state index contributed by atoms with van der Waals surface area (Å²) in [6.07, 6.45) is 1.39. The number of ether oxygens (including phenoxy) is 1. The lowest BCUT2D eigenvalue weighted by molar-refractivity contribution is -0.119. The van der Waals surface area contributed by atoms with Gasteiger partial charge in [-0.3, -0.25) is 4.79 Å². The van der Waals surface area contributed by atoms with Crippen LogP contribution in [0, 0.1) is 6.92 Å². The van der Waals surface area contributed by atoms with Crippen molar-refractivity contribution in [3.05, 3.63) is 57.3 Å². The maximum Gasteiger partial charge on any atom is 0.338 e. The van der Waals surface area contributed by atoms with Crippen LogP contribution in [0.4, 0.5) is 5.69 Å². The number of aromatic nitrogens is 1. The Labute approximate surface area is 140 Å². The average Bonchev–Trinajstić information content (AvgIpc) is 2.47. The van der Waals surface area contributed by atoms with Gasteiger partial charge in [0.05, 0.1) is 11.3 Å². The summed E-state index contributed by atoms with van der Waals surface area (Å²) >= 11 is 9.04. The number of benzene rings is 1. The van der Waals surface area contributed by atoms with Gasteiger partial charge in [0.25, 0.3) is 5.91 Å². The lowest BCUT2D eigenvalue weighted by atomic mass is 10.2. The monoisotopic (exact) mass is 382 g/mol. The molecule has 1 aromatic carbocycles. The number of rotatable bonds is 4. The highest BCUT2D eigenvalue weighted by Crippen LogP contribution is 2.23. The molecule has 0 aliphatic carbocycles. The van der Waals surface area contributed by atoms with E-state index in [1.54, 1.807) is 6.07 Å². The predicted octanol–water partition coefficient (Wildman–Crippen LogP) is 3.60. The van der Waals surface area contributed by atoms with E-state index >= 15 is 0 Å². The molecule has 0 unspecified atom stereocenters. The van der Waals surface area contributed by atoms with Crippen LogP contribution < -0.4 is 5.32 Å². The highest BCUT2D eigenvalue weighted by molar-refractivity contribution is 9.10. The van der Waals surface area contributed by atoms with Crippen LogP contribution in [0.25, 0.3) is 0 Å². The molecule has 2 rings (SSSR count). The maximum atomic E-state index is 11.8. The summed E-state index contributed by atoms with van der Waals surface area (Å²) in [6.45, 7) is 1.55. The normalized spacial score (nSPS) is 10.1. The van der Waals surface area contributed by atoms with Crippen molar-refractivity contribution in [3.63, 3.8) is 0 Å². The van der Waals surface area contributed by atoms with Gasteiger partial charge >= 0.3 is 5.97 Å². The number of halogens is 2. The van der Waals surface area contributed by atoms with E-state index in [-0.39, 0.29) is 17.3 Å². The van der Waals surface area contributed by atoms with Gasteiger partial charge in [-0.1, -0.05) is 17.7 Å². The Morgan fingerprint density at radius 2 is 2.09 bits per heavy atom. The van der Waals surface area contributed by atoms with Crippen LogP contribution in [-0.2, 0) is 9.53 Å². The molecule has 0 radical (unpaired) electrons. The third-order valence-electron chi connectivity index (χ3n) is 2.70. The molecule has 0 aliphatic heterocycles. The number of anilines is 1. The zero-order valence-electron chi connectivity index (χ0n) is 11.6. The largest absolute Gasteiger partial charge is 0.452 e. The van der Waals surface area contributed by atoms with Crippen LogP contribution in [0.1, 0.15) is 15.9 Å². The first-order chi connectivity index (χ1) is 10.5. The fourth-order valence-electron chi connectivity index (χ4n) is 1.65. The van der Waals surface area contributed by atoms with E-state index in [0.717, 1.165) is 10.0 Å². The van der Waals surface area contributed by atoms with Crippen LogP contribution in [0.2, 0.25) is 5.15 Å². The molecule has 0 bridgehead atoms. The van der Waals surface area contributed by atoms with Gasteiger partial charge in [0.1, 0.15) is 5.15 Å². The third kappa shape index (κ3) is 4.54. The molecule has 1 aromatic heterocycles. The van der Waals surface area contributed by atoms with E-state index in [0.29, 0.717) is 5.69 Å².